The van der Waals surface area contributed by atoms with Gasteiger partial charge < -0.3 is 10.6 Å². The van der Waals surface area contributed by atoms with Crippen molar-refractivity contribution in [1.82, 2.24) is 0 Å². The second kappa shape index (κ2) is 5.60. The maximum atomic E-state index is 6.02. The molecule has 16 heavy (non-hydrogen) atoms. The summed E-state index contributed by atoms with van der Waals surface area (Å²) in [6.45, 7) is 3.30. The number of thioether (sulfide) groups is 1. The van der Waals surface area contributed by atoms with Gasteiger partial charge in [-0.25, -0.2) is 0 Å². The van der Waals surface area contributed by atoms with Gasteiger partial charge in [-0.2, -0.15) is 0 Å². The van der Waals surface area contributed by atoms with Crippen LogP contribution < -0.4 is 10.6 Å². The van der Waals surface area contributed by atoms with E-state index in [1.807, 2.05) is 11.8 Å². The molecule has 1 aliphatic rings. The Labute approximate surface area is 102 Å². The maximum absolute atomic E-state index is 6.02. The Bertz CT molecular complexity index is 323. The van der Waals surface area contributed by atoms with Crippen LogP contribution in [0.25, 0.3) is 0 Å². The third-order valence-electron chi connectivity index (χ3n) is 3.01. The molecule has 1 aliphatic heterocycles. The first-order chi connectivity index (χ1) is 7.81. The highest BCUT2D eigenvalue weighted by Gasteiger charge is 2.21. The molecule has 1 atom stereocenters. The lowest BCUT2D eigenvalue weighted by Gasteiger charge is -2.22. The molecule has 1 aromatic rings. The molecule has 2 rings (SSSR count). The zero-order valence-corrected chi connectivity index (χ0v) is 10.7. The van der Waals surface area contributed by atoms with Gasteiger partial charge in [-0.05, 0) is 30.5 Å². The van der Waals surface area contributed by atoms with Gasteiger partial charge in [0, 0.05) is 18.0 Å². The van der Waals surface area contributed by atoms with Gasteiger partial charge in [0.2, 0.25) is 0 Å². The largest absolute Gasteiger partial charge is 0.347 e. The minimum Gasteiger partial charge on any atom is -0.347 e. The summed E-state index contributed by atoms with van der Waals surface area (Å²) in [4.78, 5) is 2.27. The molecule has 0 radical (unpaired) electrons. The number of nitrogens with two attached hydrogens (primary N) is 1. The molecule has 0 amide bonds. The average Bonchev–Trinajstić information content (AvgIpc) is 2.74. The van der Waals surface area contributed by atoms with E-state index in [2.05, 4.69) is 36.1 Å². The number of rotatable bonds is 4. The van der Waals surface area contributed by atoms with E-state index in [-0.39, 0.29) is 5.50 Å². The summed E-state index contributed by atoms with van der Waals surface area (Å²) in [5.41, 5.74) is 8.86. The molecule has 1 saturated heterocycles. The van der Waals surface area contributed by atoms with Crippen molar-refractivity contribution < 1.29 is 0 Å². The molecule has 1 unspecified atom stereocenters. The number of hydrogen-bond donors (Lipinski definition) is 1. The van der Waals surface area contributed by atoms with E-state index >= 15 is 0 Å². The van der Waals surface area contributed by atoms with E-state index in [0.29, 0.717) is 0 Å². The van der Waals surface area contributed by atoms with Crippen molar-refractivity contribution in [3.63, 3.8) is 0 Å². The molecule has 0 bridgehead atoms. The van der Waals surface area contributed by atoms with E-state index in [1.54, 1.807) is 0 Å². The zero-order chi connectivity index (χ0) is 11.4. The first-order valence-corrected chi connectivity index (χ1v) is 7.09. The number of benzene rings is 1. The van der Waals surface area contributed by atoms with Crippen LogP contribution in [-0.2, 0) is 6.42 Å². The van der Waals surface area contributed by atoms with Gasteiger partial charge in [-0.15, -0.1) is 11.8 Å². The molecule has 1 aromatic carbocycles. The van der Waals surface area contributed by atoms with Crippen LogP contribution in [0.1, 0.15) is 25.3 Å². The first-order valence-electron chi connectivity index (χ1n) is 6.04. The maximum Gasteiger partial charge on any atom is 0.125 e. The fourth-order valence-corrected chi connectivity index (χ4v) is 2.95. The summed E-state index contributed by atoms with van der Waals surface area (Å²) in [6, 6.07) is 8.88. The Kier molecular flexibility index (Phi) is 4.13. The predicted octanol–water partition coefficient (Wildman–Crippen LogP) is 2.82. The number of unbranched alkanes of at least 4 members (excludes halogenated alkanes) is 1. The van der Waals surface area contributed by atoms with Crippen molar-refractivity contribution in [1.29, 1.82) is 0 Å². The molecule has 3 heteroatoms. The lowest BCUT2D eigenvalue weighted by atomic mass is 10.1. The Morgan fingerprint density at radius 2 is 2.12 bits per heavy atom. The number of hydrogen-bond acceptors (Lipinski definition) is 3. The minimum absolute atomic E-state index is 0.140. The molecule has 0 spiro atoms. The summed E-state index contributed by atoms with van der Waals surface area (Å²) in [5.74, 6) is 1.14. The standard InChI is InChI=1S/C13H20N2S/c1-2-3-4-11-5-7-12(8-6-11)15-9-10-16-13(15)14/h5-8,13H,2-4,9-10,14H2,1H3. The summed E-state index contributed by atoms with van der Waals surface area (Å²) in [6.07, 6.45) is 3.73. The summed E-state index contributed by atoms with van der Waals surface area (Å²) in [7, 11) is 0. The van der Waals surface area contributed by atoms with Crippen LogP contribution >= 0.6 is 11.8 Å². The summed E-state index contributed by atoms with van der Waals surface area (Å²) >= 11 is 1.82. The van der Waals surface area contributed by atoms with Crippen LogP contribution in [0.4, 0.5) is 5.69 Å². The van der Waals surface area contributed by atoms with Gasteiger partial charge >= 0.3 is 0 Å². The van der Waals surface area contributed by atoms with Crippen LogP contribution in [0.3, 0.4) is 0 Å². The van der Waals surface area contributed by atoms with Crippen LogP contribution in [0.2, 0.25) is 0 Å². The van der Waals surface area contributed by atoms with Crippen molar-refractivity contribution in [3.05, 3.63) is 29.8 Å². The summed E-state index contributed by atoms with van der Waals surface area (Å²) in [5, 5.41) is 0. The molecular formula is C13H20N2S. The second-order valence-electron chi connectivity index (χ2n) is 4.22. The Balaban J connectivity index is 2.01. The van der Waals surface area contributed by atoms with Crippen LogP contribution in [0.15, 0.2) is 24.3 Å². The van der Waals surface area contributed by atoms with Gasteiger partial charge in [-0.1, -0.05) is 25.5 Å². The van der Waals surface area contributed by atoms with Crippen LogP contribution in [0.5, 0.6) is 0 Å². The van der Waals surface area contributed by atoms with E-state index in [0.717, 1.165) is 12.3 Å². The van der Waals surface area contributed by atoms with E-state index in [1.165, 1.54) is 30.5 Å². The van der Waals surface area contributed by atoms with E-state index < -0.39 is 0 Å². The number of anilines is 1. The van der Waals surface area contributed by atoms with Gasteiger partial charge in [0.05, 0.1) is 0 Å². The first kappa shape index (κ1) is 11.8. The van der Waals surface area contributed by atoms with Crippen LogP contribution in [-0.4, -0.2) is 17.8 Å². The quantitative estimate of drug-likeness (QED) is 0.871. The molecule has 0 saturated carbocycles. The molecule has 2 N–H and O–H groups in total. The van der Waals surface area contributed by atoms with Crippen LogP contribution in [0, 0.1) is 0 Å². The fourth-order valence-electron chi connectivity index (χ4n) is 2.00. The number of nitrogens with zero attached hydrogens (tertiary/aromatic N) is 1. The second-order valence-corrected chi connectivity index (χ2v) is 5.45. The lowest BCUT2D eigenvalue weighted by Crippen LogP contribution is -2.34. The normalized spacial score (nSPS) is 20.4. The molecule has 88 valence electrons. The van der Waals surface area contributed by atoms with Gasteiger partial charge in [0.15, 0.2) is 0 Å². The van der Waals surface area contributed by atoms with Crippen molar-refractivity contribution >= 4 is 17.4 Å². The minimum atomic E-state index is 0.140. The topological polar surface area (TPSA) is 29.3 Å². The Morgan fingerprint density at radius 1 is 1.38 bits per heavy atom. The molecule has 1 fully saturated rings. The van der Waals surface area contributed by atoms with Crippen molar-refractivity contribution in [3.8, 4) is 0 Å². The monoisotopic (exact) mass is 236 g/mol. The lowest BCUT2D eigenvalue weighted by molar-refractivity contribution is 0.793. The van der Waals surface area contributed by atoms with E-state index in [4.69, 9.17) is 5.73 Å². The van der Waals surface area contributed by atoms with Gasteiger partial charge in [0.1, 0.15) is 5.50 Å². The van der Waals surface area contributed by atoms with Crippen molar-refractivity contribution in [2.24, 2.45) is 5.73 Å². The smallest absolute Gasteiger partial charge is 0.125 e. The molecule has 1 heterocycles. The highest BCUT2D eigenvalue weighted by Crippen LogP contribution is 2.26. The SMILES string of the molecule is CCCCc1ccc(N2CCSC2N)cc1. The third kappa shape index (κ3) is 2.71. The van der Waals surface area contributed by atoms with Crippen molar-refractivity contribution in [2.45, 2.75) is 31.7 Å². The molecular weight excluding hydrogens is 216 g/mol. The van der Waals surface area contributed by atoms with Gasteiger partial charge in [-0.3, -0.25) is 0 Å². The van der Waals surface area contributed by atoms with Crippen molar-refractivity contribution in [2.75, 3.05) is 17.2 Å². The highest BCUT2D eigenvalue weighted by atomic mass is 32.2. The Hall–Kier alpha value is -0.670. The van der Waals surface area contributed by atoms with Gasteiger partial charge in [0.25, 0.3) is 0 Å². The molecule has 0 aromatic heterocycles. The molecule has 2 nitrogen and oxygen atoms in total. The Morgan fingerprint density at radius 3 is 2.69 bits per heavy atom. The summed E-state index contributed by atoms with van der Waals surface area (Å²) < 4.78 is 0. The number of aryl methyl sites for hydroxylation is 1. The fraction of sp³-hybridized carbons (Fsp3) is 0.538. The molecule has 0 aliphatic carbocycles. The van der Waals surface area contributed by atoms with E-state index in [9.17, 15) is 0 Å². The predicted molar refractivity (Wildman–Crippen MR) is 72.8 cm³/mol. The average molecular weight is 236 g/mol. The highest BCUT2D eigenvalue weighted by molar-refractivity contribution is 8.00. The zero-order valence-electron chi connectivity index (χ0n) is 9.86. The third-order valence-corrected chi connectivity index (χ3v) is 4.03.